The molecular formula is C22H25FN6O3S. The Balaban J connectivity index is 1.27. The van der Waals surface area contributed by atoms with Crippen molar-refractivity contribution in [2.75, 3.05) is 36.8 Å². The van der Waals surface area contributed by atoms with Gasteiger partial charge in [0.1, 0.15) is 5.82 Å². The maximum Gasteiger partial charge on any atom is 0.287 e. The Morgan fingerprint density at radius 3 is 2.55 bits per heavy atom. The average Bonchev–Trinajstić information content (AvgIpc) is 3.51. The first-order valence-electron chi connectivity index (χ1n) is 10.7. The Bertz CT molecular complexity index is 1080. The van der Waals surface area contributed by atoms with Gasteiger partial charge in [0.15, 0.2) is 16.7 Å². The van der Waals surface area contributed by atoms with Crippen molar-refractivity contribution in [3.63, 3.8) is 0 Å². The number of carbonyl (C=O) groups is 2. The lowest BCUT2D eigenvalue weighted by molar-refractivity contribution is -0.128. The van der Waals surface area contributed by atoms with Gasteiger partial charge in [-0.25, -0.2) is 4.39 Å². The number of furan rings is 1. The van der Waals surface area contributed by atoms with Crippen molar-refractivity contribution < 1.29 is 18.4 Å². The average molecular weight is 473 g/mol. The summed E-state index contributed by atoms with van der Waals surface area (Å²) in [5.41, 5.74) is 0.959. The third-order valence-corrected chi connectivity index (χ3v) is 6.36. The maximum atomic E-state index is 13.1. The minimum absolute atomic E-state index is 0.0390. The molecular weight excluding hydrogens is 447 g/mol. The molecule has 1 aromatic carbocycles. The van der Waals surface area contributed by atoms with Crippen LogP contribution in [0.15, 0.2) is 52.2 Å². The number of amides is 2. The molecule has 1 aliphatic rings. The molecule has 0 atom stereocenters. The number of thioether (sulfide) groups is 1. The van der Waals surface area contributed by atoms with E-state index in [1.54, 1.807) is 24.3 Å². The summed E-state index contributed by atoms with van der Waals surface area (Å²) in [5, 5.41) is 11.8. The van der Waals surface area contributed by atoms with Gasteiger partial charge in [0.25, 0.3) is 5.91 Å². The third kappa shape index (κ3) is 5.54. The lowest BCUT2D eigenvalue weighted by atomic mass is 10.2. The number of hydrogen-bond acceptors (Lipinski definition) is 7. The van der Waals surface area contributed by atoms with Crippen LogP contribution in [0.3, 0.4) is 0 Å². The number of nitrogens with one attached hydrogen (secondary N) is 1. The Kier molecular flexibility index (Phi) is 7.28. The van der Waals surface area contributed by atoms with E-state index in [9.17, 15) is 14.0 Å². The van der Waals surface area contributed by atoms with Gasteiger partial charge in [-0.15, -0.1) is 10.2 Å². The molecule has 4 rings (SSSR count). The fourth-order valence-corrected chi connectivity index (χ4v) is 4.54. The van der Waals surface area contributed by atoms with Crippen molar-refractivity contribution in [2.45, 2.75) is 25.2 Å². The Hall–Kier alpha value is -3.34. The molecule has 1 aliphatic heterocycles. The van der Waals surface area contributed by atoms with Gasteiger partial charge in [-0.1, -0.05) is 11.8 Å². The van der Waals surface area contributed by atoms with Crippen molar-refractivity contribution in [2.24, 2.45) is 0 Å². The number of rotatable bonds is 8. The Morgan fingerprint density at radius 2 is 1.88 bits per heavy atom. The lowest BCUT2D eigenvalue weighted by Crippen LogP contribution is -2.49. The van der Waals surface area contributed by atoms with Crippen LogP contribution in [0.2, 0.25) is 0 Å². The number of hydrogen-bond donors (Lipinski definition) is 1. The minimum Gasteiger partial charge on any atom is -0.459 e. The van der Waals surface area contributed by atoms with E-state index in [-0.39, 0.29) is 35.7 Å². The van der Waals surface area contributed by atoms with Gasteiger partial charge >= 0.3 is 0 Å². The number of piperazine rings is 1. The molecule has 174 valence electrons. The molecule has 2 aromatic heterocycles. The summed E-state index contributed by atoms with van der Waals surface area (Å²) in [7, 11) is 0. The largest absolute Gasteiger partial charge is 0.459 e. The van der Waals surface area contributed by atoms with Crippen molar-refractivity contribution >= 4 is 29.3 Å². The minimum atomic E-state index is -0.324. The second-order valence-corrected chi connectivity index (χ2v) is 8.38. The van der Waals surface area contributed by atoms with Gasteiger partial charge < -0.3 is 24.1 Å². The number of halogens is 1. The second-order valence-electron chi connectivity index (χ2n) is 7.44. The Morgan fingerprint density at radius 1 is 1.12 bits per heavy atom. The van der Waals surface area contributed by atoms with E-state index in [1.807, 2.05) is 16.4 Å². The van der Waals surface area contributed by atoms with Gasteiger partial charge in [0, 0.05) is 38.4 Å². The predicted molar refractivity (Wildman–Crippen MR) is 121 cm³/mol. The number of nitrogens with zero attached hydrogens (tertiary/aromatic N) is 5. The van der Waals surface area contributed by atoms with Crippen LogP contribution in [0.1, 0.15) is 23.3 Å². The molecule has 3 aromatic rings. The molecule has 0 saturated carbocycles. The Labute approximate surface area is 194 Å². The third-order valence-electron chi connectivity index (χ3n) is 5.41. The van der Waals surface area contributed by atoms with Gasteiger partial charge in [-0.05, 0) is 43.3 Å². The smallest absolute Gasteiger partial charge is 0.287 e. The highest BCUT2D eigenvalue weighted by atomic mass is 32.2. The molecule has 0 unspecified atom stereocenters. The molecule has 0 spiro atoms. The topological polar surface area (TPSA) is 96.5 Å². The molecule has 1 N–H and O–H groups in total. The van der Waals surface area contributed by atoms with E-state index in [2.05, 4.69) is 20.4 Å². The number of aromatic nitrogens is 3. The summed E-state index contributed by atoms with van der Waals surface area (Å²) in [6.45, 7) is 5.41. The van der Waals surface area contributed by atoms with Crippen LogP contribution >= 0.6 is 11.8 Å². The van der Waals surface area contributed by atoms with Crippen LogP contribution in [0.25, 0.3) is 0 Å². The zero-order valence-corrected chi connectivity index (χ0v) is 19.1. The van der Waals surface area contributed by atoms with Crippen LogP contribution in [0.4, 0.5) is 10.1 Å². The van der Waals surface area contributed by atoms with Crippen molar-refractivity contribution in [1.29, 1.82) is 0 Å². The summed E-state index contributed by atoms with van der Waals surface area (Å²) in [5.74, 6) is 0.560. The van der Waals surface area contributed by atoms with Crippen molar-refractivity contribution in [3.05, 3.63) is 60.1 Å². The summed E-state index contributed by atoms with van der Waals surface area (Å²) in [6, 6.07) is 9.65. The predicted octanol–water partition coefficient (Wildman–Crippen LogP) is 2.40. The van der Waals surface area contributed by atoms with Crippen LogP contribution in [-0.4, -0.2) is 63.4 Å². The summed E-state index contributed by atoms with van der Waals surface area (Å²) < 4.78 is 20.1. The molecule has 9 nitrogen and oxygen atoms in total. The second kappa shape index (κ2) is 10.5. The van der Waals surface area contributed by atoms with Gasteiger partial charge in [0.2, 0.25) is 5.91 Å². The molecule has 3 heterocycles. The van der Waals surface area contributed by atoms with Crippen molar-refractivity contribution in [1.82, 2.24) is 25.0 Å². The highest BCUT2D eigenvalue weighted by Gasteiger charge is 2.22. The molecule has 0 radical (unpaired) electrons. The standard InChI is InChI=1S/C22H25FN6O3S/c1-2-29-19(14-24-21(31)18-4-3-13-32-18)25-26-22(29)33-15-20(30)28-11-9-27(10-12-28)17-7-5-16(23)6-8-17/h3-8,13H,2,9-12,14-15H2,1H3,(H,24,31). The zero-order valence-electron chi connectivity index (χ0n) is 18.2. The molecule has 1 fully saturated rings. The van der Waals surface area contributed by atoms with Gasteiger partial charge in [0.05, 0.1) is 18.6 Å². The first kappa shape index (κ1) is 22.8. The first-order valence-corrected chi connectivity index (χ1v) is 11.7. The van der Waals surface area contributed by atoms with Gasteiger partial charge in [-0.3, -0.25) is 9.59 Å². The highest BCUT2D eigenvalue weighted by molar-refractivity contribution is 7.99. The summed E-state index contributed by atoms with van der Waals surface area (Å²) in [6.07, 6.45) is 1.44. The maximum absolute atomic E-state index is 13.1. The van der Waals surface area contributed by atoms with Crippen LogP contribution in [0, 0.1) is 5.82 Å². The molecule has 33 heavy (non-hydrogen) atoms. The molecule has 0 aliphatic carbocycles. The van der Waals surface area contributed by atoms with E-state index in [4.69, 9.17) is 4.42 Å². The zero-order chi connectivity index (χ0) is 23.2. The summed E-state index contributed by atoms with van der Waals surface area (Å²) >= 11 is 1.34. The number of carbonyl (C=O) groups excluding carboxylic acids is 2. The van der Waals surface area contributed by atoms with E-state index < -0.39 is 0 Å². The van der Waals surface area contributed by atoms with E-state index in [0.717, 1.165) is 5.69 Å². The SMILES string of the molecule is CCn1c(CNC(=O)c2ccco2)nnc1SCC(=O)N1CCN(c2ccc(F)cc2)CC1. The fourth-order valence-electron chi connectivity index (χ4n) is 3.61. The van der Waals surface area contributed by atoms with E-state index in [0.29, 0.717) is 43.7 Å². The van der Waals surface area contributed by atoms with Crippen LogP contribution in [-0.2, 0) is 17.9 Å². The molecule has 11 heteroatoms. The lowest BCUT2D eigenvalue weighted by Gasteiger charge is -2.36. The molecule has 0 bridgehead atoms. The van der Waals surface area contributed by atoms with Gasteiger partial charge in [-0.2, -0.15) is 0 Å². The van der Waals surface area contributed by atoms with Crippen molar-refractivity contribution in [3.8, 4) is 0 Å². The first-order chi connectivity index (χ1) is 16.0. The fraction of sp³-hybridized carbons (Fsp3) is 0.364. The quantitative estimate of drug-likeness (QED) is 0.503. The number of anilines is 1. The number of benzene rings is 1. The molecule has 2 amide bonds. The highest BCUT2D eigenvalue weighted by Crippen LogP contribution is 2.20. The normalized spacial score (nSPS) is 13.9. The molecule has 1 saturated heterocycles. The van der Waals surface area contributed by atoms with E-state index >= 15 is 0 Å². The summed E-state index contributed by atoms with van der Waals surface area (Å²) in [4.78, 5) is 28.8. The van der Waals surface area contributed by atoms with Crippen LogP contribution < -0.4 is 10.2 Å². The van der Waals surface area contributed by atoms with Crippen LogP contribution in [0.5, 0.6) is 0 Å². The van der Waals surface area contributed by atoms with E-state index in [1.165, 1.54) is 30.2 Å². The monoisotopic (exact) mass is 472 g/mol.